The first-order valence-electron chi connectivity index (χ1n) is 7.50. The molecular weight excluding hydrogens is 240 g/mol. The molecular formula is C15H28N2S. The van der Waals surface area contributed by atoms with Gasteiger partial charge in [0.2, 0.25) is 0 Å². The molecule has 0 atom stereocenters. The first kappa shape index (κ1) is 14.1. The Balaban J connectivity index is 2.04. The maximum absolute atomic E-state index is 6.29. The first-order chi connectivity index (χ1) is 8.72. The number of nitrogens with zero attached hydrogens (tertiary/aromatic N) is 1. The molecule has 2 N–H and O–H groups in total. The van der Waals surface area contributed by atoms with Gasteiger partial charge >= 0.3 is 0 Å². The summed E-state index contributed by atoms with van der Waals surface area (Å²) in [5.41, 5.74) is 6.29. The van der Waals surface area contributed by atoms with Gasteiger partial charge in [-0.15, -0.1) is 0 Å². The number of thioether (sulfide) groups is 1. The second-order valence-electron chi connectivity index (χ2n) is 5.88. The van der Waals surface area contributed by atoms with Crippen molar-refractivity contribution in [3.63, 3.8) is 0 Å². The molecule has 2 rings (SSSR count). The van der Waals surface area contributed by atoms with Crippen LogP contribution in [0.25, 0.3) is 0 Å². The van der Waals surface area contributed by atoms with Gasteiger partial charge in [0.15, 0.2) is 0 Å². The van der Waals surface area contributed by atoms with Gasteiger partial charge in [-0.05, 0) is 68.9 Å². The molecule has 1 saturated heterocycles. The summed E-state index contributed by atoms with van der Waals surface area (Å²) in [6.07, 6.45) is 10.1. The summed E-state index contributed by atoms with van der Waals surface area (Å²) in [6, 6.07) is 1.39. The third-order valence-corrected chi connectivity index (χ3v) is 5.61. The van der Waals surface area contributed by atoms with Crippen molar-refractivity contribution in [3.05, 3.63) is 11.9 Å². The fourth-order valence-corrected chi connectivity index (χ4v) is 4.43. The quantitative estimate of drug-likeness (QED) is 0.848. The summed E-state index contributed by atoms with van der Waals surface area (Å²) in [6.45, 7) is 4.46. The van der Waals surface area contributed by atoms with Gasteiger partial charge < -0.3 is 10.6 Å². The lowest BCUT2D eigenvalue weighted by molar-refractivity contribution is 0.123. The topological polar surface area (TPSA) is 29.3 Å². The summed E-state index contributed by atoms with van der Waals surface area (Å²) >= 11 is 2.10. The van der Waals surface area contributed by atoms with Gasteiger partial charge in [0, 0.05) is 12.1 Å². The smallest absolute Gasteiger partial charge is 0.0947 e. The minimum atomic E-state index is 0.695. The molecule has 0 spiro atoms. The first-order valence-corrected chi connectivity index (χ1v) is 8.65. The molecule has 0 unspecified atom stereocenters. The Bertz CT molecular complexity index is 276. The van der Waals surface area contributed by atoms with E-state index in [2.05, 4.69) is 36.6 Å². The molecule has 2 aliphatic rings. The minimum absolute atomic E-state index is 0.695. The zero-order chi connectivity index (χ0) is 13.0. The van der Waals surface area contributed by atoms with Gasteiger partial charge in [0.05, 0.1) is 5.82 Å². The molecule has 2 nitrogen and oxygen atoms in total. The third-order valence-electron chi connectivity index (χ3n) is 4.56. The highest BCUT2D eigenvalue weighted by Gasteiger charge is 2.30. The van der Waals surface area contributed by atoms with Crippen molar-refractivity contribution < 1.29 is 0 Å². The molecule has 1 heterocycles. The van der Waals surface area contributed by atoms with Crippen LogP contribution in [0.4, 0.5) is 0 Å². The fraction of sp³-hybridized carbons (Fsp3) is 0.867. The Morgan fingerprint density at radius 1 is 1.06 bits per heavy atom. The predicted octanol–water partition coefficient (Wildman–Crippen LogP) is 3.58. The number of rotatable bonds is 3. The SMILES string of the molecule is C/C=C(\N)N(C1CCSCC1)C1CCC(C)CC1. The van der Waals surface area contributed by atoms with Crippen LogP contribution in [0.15, 0.2) is 11.9 Å². The fourth-order valence-electron chi connectivity index (χ4n) is 3.35. The molecule has 2 fully saturated rings. The summed E-state index contributed by atoms with van der Waals surface area (Å²) in [4.78, 5) is 2.58. The highest BCUT2D eigenvalue weighted by Crippen LogP contribution is 2.33. The zero-order valence-electron chi connectivity index (χ0n) is 11.9. The van der Waals surface area contributed by atoms with E-state index in [0.29, 0.717) is 12.1 Å². The summed E-state index contributed by atoms with van der Waals surface area (Å²) in [5.74, 6) is 4.55. The molecule has 3 heteroatoms. The van der Waals surface area contributed by atoms with Crippen molar-refractivity contribution in [2.75, 3.05) is 11.5 Å². The van der Waals surface area contributed by atoms with E-state index in [-0.39, 0.29) is 0 Å². The van der Waals surface area contributed by atoms with E-state index in [9.17, 15) is 0 Å². The number of hydrogen-bond acceptors (Lipinski definition) is 3. The molecule has 0 aromatic heterocycles. The Morgan fingerprint density at radius 2 is 1.61 bits per heavy atom. The Morgan fingerprint density at radius 3 is 2.17 bits per heavy atom. The monoisotopic (exact) mass is 268 g/mol. The molecule has 0 aromatic carbocycles. The van der Waals surface area contributed by atoms with Crippen molar-refractivity contribution >= 4 is 11.8 Å². The highest BCUT2D eigenvalue weighted by molar-refractivity contribution is 7.99. The van der Waals surface area contributed by atoms with Crippen molar-refractivity contribution in [3.8, 4) is 0 Å². The van der Waals surface area contributed by atoms with Crippen LogP contribution in [0.3, 0.4) is 0 Å². The lowest BCUT2D eigenvalue weighted by Crippen LogP contribution is -2.47. The van der Waals surface area contributed by atoms with Gasteiger partial charge in [-0.25, -0.2) is 0 Å². The second-order valence-corrected chi connectivity index (χ2v) is 7.10. The van der Waals surface area contributed by atoms with Crippen LogP contribution in [-0.2, 0) is 0 Å². The number of hydrogen-bond donors (Lipinski definition) is 1. The van der Waals surface area contributed by atoms with Gasteiger partial charge in [0.25, 0.3) is 0 Å². The molecule has 1 aliphatic carbocycles. The van der Waals surface area contributed by atoms with E-state index in [0.717, 1.165) is 11.7 Å². The van der Waals surface area contributed by atoms with Crippen LogP contribution >= 0.6 is 11.8 Å². The molecule has 104 valence electrons. The number of allylic oxidation sites excluding steroid dienone is 1. The van der Waals surface area contributed by atoms with Gasteiger partial charge in [0.1, 0.15) is 0 Å². The van der Waals surface area contributed by atoms with Crippen LogP contribution < -0.4 is 5.73 Å². The second kappa shape index (κ2) is 6.74. The predicted molar refractivity (Wildman–Crippen MR) is 81.6 cm³/mol. The van der Waals surface area contributed by atoms with Crippen LogP contribution in [0, 0.1) is 5.92 Å². The Labute approximate surface area is 116 Å². The Hall–Kier alpha value is -0.310. The lowest BCUT2D eigenvalue weighted by atomic mass is 9.85. The van der Waals surface area contributed by atoms with Gasteiger partial charge in [-0.1, -0.05) is 6.92 Å². The third kappa shape index (κ3) is 3.37. The van der Waals surface area contributed by atoms with E-state index in [1.54, 1.807) is 0 Å². The molecule has 0 amide bonds. The van der Waals surface area contributed by atoms with Crippen molar-refractivity contribution in [2.45, 2.75) is 64.5 Å². The lowest BCUT2D eigenvalue weighted by Gasteiger charge is -2.44. The molecule has 18 heavy (non-hydrogen) atoms. The van der Waals surface area contributed by atoms with Crippen LogP contribution in [0.1, 0.15) is 52.4 Å². The van der Waals surface area contributed by atoms with Crippen LogP contribution in [-0.4, -0.2) is 28.5 Å². The number of nitrogens with two attached hydrogens (primary N) is 1. The Kier molecular flexibility index (Phi) is 5.28. The summed E-state index contributed by atoms with van der Waals surface area (Å²) in [5, 5.41) is 0. The minimum Gasteiger partial charge on any atom is -0.386 e. The van der Waals surface area contributed by atoms with Crippen LogP contribution in [0.2, 0.25) is 0 Å². The largest absolute Gasteiger partial charge is 0.386 e. The van der Waals surface area contributed by atoms with Gasteiger partial charge in [-0.3, -0.25) is 0 Å². The summed E-state index contributed by atoms with van der Waals surface area (Å²) in [7, 11) is 0. The average Bonchev–Trinajstić information content (AvgIpc) is 2.42. The molecule has 0 radical (unpaired) electrons. The molecule has 0 aromatic rings. The summed E-state index contributed by atoms with van der Waals surface area (Å²) < 4.78 is 0. The highest BCUT2D eigenvalue weighted by atomic mass is 32.2. The van der Waals surface area contributed by atoms with E-state index >= 15 is 0 Å². The molecule has 1 saturated carbocycles. The van der Waals surface area contributed by atoms with Crippen LogP contribution in [0.5, 0.6) is 0 Å². The van der Waals surface area contributed by atoms with E-state index in [4.69, 9.17) is 5.73 Å². The van der Waals surface area contributed by atoms with Crippen molar-refractivity contribution in [1.29, 1.82) is 0 Å². The normalized spacial score (nSPS) is 31.3. The standard InChI is InChI=1S/C15H28N2S/c1-3-15(16)17(14-8-10-18-11-9-14)13-6-4-12(2)5-7-13/h3,12-14H,4-11,16H2,1-2H3/b15-3+. The van der Waals surface area contributed by atoms with Gasteiger partial charge in [-0.2, -0.15) is 11.8 Å². The zero-order valence-corrected chi connectivity index (χ0v) is 12.7. The molecule has 1 aliphatic heterocycles. The maximum Gasteiger partial charge on any atom is 0.0947 e. The molecule has 0 bridgehead atoms. The van der Waals surface area contributed by atoms with Crippen molar-refractivity contribution in [2.24, 2.45) is 11.7 Å². The van der Waals surface area contributed by atoms with Crippen molar-refractivity contribution in [1.82, 2.24) is 4.90 Å². The maximum atomic E-state index is 6.29. The van der Waals surface area contributed by atoms with E-state index in [1.165, 1.54) is 50.0 Å². The van der Waals surface area contributed by atoms with E-state index < -0.39 is 0 Å². The van der Waals surface area contributed by atoms with E-state index in [1.807, 2.05) is 0 Å². The average molecular weight is 268 g/mol.